The summed E-state index contributed by atoms with van der Waals surface area (Å²) in [7, 11) is 2.04. The van der Waals surface area contributed by atoms with E-state index in [0.717, 1.165) is 30.2 Å². The smallest absolute Gasteiger partial charge is 0.205 e. The largest absolute Gasteiger partial charge is 0.391 e. The lowest BCUT2D eigenvalue weighted by molar-refractivity contribution is 0.106. The molecule has 5 heteroatoms. The zero-order valence-corrected chi connectivity index (χ0v) is 11.0. The Morgan fingerprint density at radius 2 is 2.00 bits per heavy atom. The number of aromatic nitrogens is 2. The first-order valence-electron chi connectivity index (χ1n) is 6.50. The molecule has 94 valence electrons. The van der Waals surface area contributed by atoms with Crippen LogP contribution in [0.4, 0.5) is 5.13 Å². The SMILES string of the molecule is CN(c1nc(C2CC2)ns1)C1CCCCC1O. The summed E-state index contributed by atoms with van der Waals surface area (Å²) >= 11 is 1.48. The molecule has 4 nitrogen and oxygen atoms in total. The lowest BCUT2D eigenvalue weighted by Crippen LogP contribution is -2.43. The molecule has 0 bridgehead atoms. The molecule has 0 saturated heterocycles. The monoisotopic (exact) mass is 253 g/mol. The molecule has 0 aliphatic heterocycles. The number of hydrogen-bond acceptors (Lipinski definition) is 5. The van der Waals surface area contributed by atoms with Gasteiger partial charge < -0.3 is 10.0 Å². The Hall–Kier alpha value is -0.680. The molecule has 0 spiro atoms. The Balaban J connectivity index is 1.72. The first-order chi connectivity index (χ1) is 8.25. The van der Waals surface area contributed by atoms with Crippen molar-refractivity contribution in [2.45, 2.75) is 56.6 Å². The first-order valence-corrected chi connectivity index (χ1v) is 7.27. The molecule has 1 heterocycles. The van der Waals surface area contributed by atoms with Gasteiger partial charge in [0.1, 0.15) is 5.82 Å². The van der Waals surface area contributed by atoms with Crippen molar-refractivity contribution in [1.82, 2.24) is 9.36 Å². The van der Waals surface area contributed by atoms with Gasteiger partial charge in [-0.1, -0.05) is 12.8 Å². The number of aliphatic hydroxyl groups excluding tert-OH is 1. The van der Waals surface area contributed by atoms with Gasteiger partial charge in [0, 0.05) is 24.5 Å². The minimum absolute atomic E-state index is 0.206. The molecule has 2 unspecified atom stereocenters. The highest BCUT2D eigenvalue weighted by Crippen LogP contribution is 2.40. The Labute approximate surface area is 106 Å². The van der Waals surface area contributed by atoms with Gasteiger partial charge >= 0.3 is 0 Å². The van der Waals surface area contributed by atoms with Gasteiger partial charge in [-0.25, -0.2) is 4.98 Å². The minimum atomic E-state index is -0.206. The van der Waals surface area contributed by atoms with Crippen LogP contribution in [-0.4, -0.2) is 33.7 Å². The quantitative estimate of drug-likeness (QED) is 0.897. The molecule has 0 aromatic carbocycles. The number of nitrogens with zero attached hydrogens (tertiary/aromatic N) is 3. The van der Waals surface area contributed by atoms with E-state index in [2.05, 4.69) is 14.3 Å². The molecule has 1 aromatic heterocycles. The van der Waals surface area contributed by atoms with Crippen LogP contribution in [0, 0.1) is 0 Å². The van der Waals surface area contributed by atoms with Gasteiger partial charge in [-0.3, -0.25) is 0 Å². The van der Waals surface area contributed by atoms with Gasteiger partial charge in [-0.15, -0.1) is 0 Å². The average molecular weight is 253 g/mol. The van der Waals surface area contributed by atoms with Gasteiger partial charge in [-0.2, -0.15) is 4.37 Å². The number of likely N-dealkylation sites (N-methyl/N-ethyl adjacent to an activating group) is 1. The van der Waals surface area contributed by atoms with Crippen molar-refractivity contribution in [2.75, 3.05) is 11.9 Å². The molecule has 2 saturated carbocycles. The maximum atomic E-state index is 10.0. The summed E-state index contributed by atoms with van der Waals surface area (Å²) in [5, 5.41) is 11.0. The van der Waals surface area contributed by atoms with E-state index in [1.807, 2.05) is 7.05 Å². The summed E-state index contributed by atoms with van der Waals surface area (Å²) in [5.41, 5.74) is 0. The summed E-state index contributed by atoms with van der Waals surface area (Å²) in [5.74, 6) is 1.63. The van der Waals surface area contributed by atoms with E-state index in [-0.39, 0.29) is 12.1 Å². The van der Waals surface area contributed by atoms with E-state index < -0.39 is 0 Å². The predicted octanol–water partition coefficient (Wildman–Crippen LogP) is 2.16. The van der Waals surface area contributed by atoms with Crippen LogP contribution in [0.25, 0.3) is 0 Å². The molecule has 3 rings (SSSR count). The van der Waals surface area contributed by atoms with E-state index in [1.165, 1.54) is 30.8 Å². The molecule has 2 aliphatic rings. The highest BCUT2D eigenvalue weighted by molar-refractivity contribution is 7.09. The van der Waals surface area contributed by atoms with Gasteiger partial charge in [0.05, 0.1) is 12.1 Å². The van der Waals surface area contributed by atoms with Crippen LogP contribution in [0.3, 0.4) is 0 Å². The third-order valence-corrected chi connectivity index (χ3v) is 4.69. The fraction of sp³-hybridized carbons (Fsp3) is 0.833. The second-order valence-corrected chi connectivity index (χ2v) is 5.97. The van der Waals surface area contributed by atoms with Crippen LogP contribution < -0.4 is 4.90 Å². The maximum absolute atomic E-state index is 10.0. The summed E-state index contributed by atoms with van der Waals surface area (Å²) in [4.78, 5) is 6.74. The second-order valence-electron chi connectivity index (χ2n) is 5.24. The molecule has 0 amide bonds. The van der Waals surface area contributed by atoms with Crippen molar-refractivity contribution in [3.8, 4) is 0 Å². The average Bonchev–Trinajstić information content (AvgIpc) is 3.07. The van der Waals surface area contributed by atoms with Crippen molar-refractivity contribution in [1.29, 1.82) is 0 Å². The summed E-state index contributed by atoms with van der Waals surface area (Å²) in [6, 6.07) is 0.226. The van der Waals surface area contributed by atoms with Crippen LogP contribution in [0.5, 0.6) is 0 Å². The Kier molecular flexibility index (Phi) is 3.04. The van der Waals surface area contributed by atoms with Crippen molar-refractivity contribution >= 4 is 16.7 Å². The molecule has 2 atom stereocenters. The van der Waals surface area contributed by atoms with E-state index in [1.54, 1.807) is 0 Å². The van der Waals surface area contributed by atoms with Crippen molar-refractivity contribution < 1.29 is 5.11 Å². The molecule has 0 radical (unpaired) electrons. The van der Waals surface area contributed by atoms with Gasteiger partial charge in [-0.05, 0) is 25.7 Å². The third-order valence-electron chi connectivity index (χ3n) is 3.87. The van der Waals surface area contributed by atoms with Crippen LogP contribution in [-0.2, 0) is 0 Å². The zero-order valence-electron chi connectivity index (χ0n) is 10.2. The van der Waals surface area contributed by atoms with Gasteiger partial charge in [0.25, 0.3) is 0 Å². The fourth-order valence-corrected chi connectivity index (χ4v) is 3.33. The summed E-state index contributed by atoms with van der Waals surface area (Å²) in [6.45, 7) is 0. The highest BCUT2D eigenvalue weighted by atomic mass is 32.1. The molecule has 17 heavy (non-hydrogen) atoms. The van der Waals surface area contributed by atoms with Crippen LogP contribution >= 0.6 is 11.5 Å². The zero-order chi connectivity index (χ0) is 11.8. The first kappa shape index (κ1) is 11.4. The Morgan fingerprint density at radius 1 is 1.24 bits per heavy atom. The molecular formula is C12H19N3OS. The van der Waals surface area contributed by atoms with E-state index >= 15 is 0 Å². The number of hydrogen-bond donors (Lipinski definition) is 1. The molecule has 2 aliphatic carbocycles. The van der Waals surface area contributed by atoms with Crippen LogP contribution in [0.1, 0.15) is 50.3 Å². The Bertz CT molecular complexity index is 391. The lowest BCUT2D eigenvalue weighted by Gasteiger charge is -2.34. The van der Waals surface area contributed by atoms with Crippen LogP contribution in [0.2, 0.25) is 0 Å². The summed E-state index contributed by atoms with van der Waals surface area (Å²) in [6.07, 6.45) is 6.62. The molecule has 2 fully saturated rings. The lowest BCUT2D eigenvalue weighted by atomic mass is 9.92. The van der Waals surface area contributed by atoms with E-state index in [0.29, 0.717) is 5.92 Å². The molecular weight excluding hydrogens is 234 g/mol. The fourth-order valence-electron chi connectivity index (χ4n) is 2.56. The standard InChI is InChI=1S/C12H19N3OS/c1-15(9-4-2-3-5-10(9)16)12-13-11(14-17-12)8-6-7-8/h8-10,16H,2-7H2,1H3. The molecule has 1 aromatic rings. The van der Waals surface area contributed by atoms with E-state index in [9.17, 15) is 5.11 Å². The summed E-state index contributed by atoms with van der Waals surface area (Å²) < 4.78 is 4.43. The normalized spacial score (nSPS) is 29.3. The Morgan fingerprint density at radius 3 is 2.71 bits per heavy atom. The highest BCUT2D eigenvalue weighted by Gasteiger charge is 2.31. The van der Waals surface area contributed by atoms with Gasteiger partial charge in [0.15, 0.2) is 0 Å². The predicted molar refractivity (Wildman–Crippen MR) is 68.5 cm³/mol. The van der Waals surface area contributed by atoms with Crippen molar-refractivity contribution in [3.63, 3.8) is 0 Å². The second kappa shape index (κ2) is 4.53. The topological polar surface area (TPSA) is 49.2 Å². The minimum Gasteiger partial charge on any atom is -0.391 e. The van der Waals surface area contributed by atoms with Crippen molar-refractivity contribution in [2.24, 2.45) is 0 Å². The number of aliphatic hydroxyl groups is 1. The third kappa shape index (κ3) is 2.31. The maximum Gasteiger partial charge on any atom is 0.205 e. The number of rotatable bonds is 3. The van der Waals surface area contributed by atoms with Gasteiger partial charge in [0.2, 0.25) is 5.13 Å². The number of anilines is 1. The van der Waals surface area contributed by atoms with Crippen molar-refractivity contribution in [3.05, 3.63) is 5.82 Å². The van der Waals surface area contributed by atoms with E-state index in [4.69, 9.17) is 0 Å². The van der Waals surface area contributed by atoms with Crippen LogP contribution in [0.15, 0.2) is 0 Å². The molecule has 1 N–H and O–H groups in total.